The SMILES string of the molecule is NC(=[NH2+])SC/C=C/c1ccc(OCC[NH3+])cc1.[Br-].[Cl-]. The zero-order valence-corrected chi connectivity index (χ0v) is 13.7. The normalized spacial score (nSPS) is 9.53. The van der Waals surface area contributed by atoms with Crippen molar-refractivity contribution in [3.63, 3.8) is 0 Å². The van der Waals surface area contributed by atoms with E-state index in [1.165, 1.54) is 11.8 Å². The summed E-state index contributed by atoms with van der Waals surface area (Å²) >= 11 is 1.42. The number of ether oxygens (including phenoxy) is 1. The van der Waals surface area contributed by atoms with E-state index in [1.807, 2.05) is 36.4 Å². The highest BCUT2D eigenvalue weighted by atomic mass is 79.9. The maximum Gasteiger partial charge on any atom is 0.300 e. The molecular formula is C12H19BrClN3OS. The van der Waals surface area contributed by atoms with Gasteiger partial charge in [-0.15, -0.1) is 0 Å². The fourth-order valence-corrected chi connectivity index (χ4v) is 1.58. The van der Waals surface area contributed by atoms with Gasteiger partial charge in [0.05, 0.1) is 0 Å². The Balaban J connectivity index is 0. The highest BCUT2D eigenvalue weighted by Crippen LogP contribution is 2.13. The summed E-state index contributed by atoms with van der Waals surface area (Å²) in [7, 11) is 0. The summed E-state index contributed by atoms with van der Waals surface area (Å²) < 4.78 is 5.44. The average Bonchev–Trinajstić information content (AvgIpc) is 2.33. The maximum absolute atomic E-state index is 5.44. The number of quaternary nitrogens is 1. The molecule has 0 aliphatic carbocycles. The lowest BCUT2D eigenvalue weighted by Crippen LogP contribution is -3.00. The van der Waals surface area contributed by atoms with Gasteiger partial charge in [0.25, 0.3) is 5.17 Å². The third-order valence-corrected chi connectivity index (χ3v) is 2.64. The Morgan fingerprint density at radius 1 is 1.37 bits per heavy atom. The number of nitrogens with two attached hydrogens (primary N) is 2. The molecule has 0 atom stereocenters. The second-order valence-electron chi connectivity index (χ2n) is 3.39. The van der Waals surface area contributed by atoms with E-state index in [-0.39, 0.29) is 29.4 Å². The van der Waals surface area contributed by atoms with E-state index in [2.05, 4.69) is 5.73 Å². The molecule has 1 aromatic carbocycles. The van der Waals surface area contributed by atoms with Crippen LogP contribution < -0.4 is 51.0 Å². The van der Waals surface area contributed by atoms with Gasteiger partial charge in [-0.1, -0.05) is 24.3 Å². The predicted molar refractivity (Wildman–Crippen MR) is 72.3 cm³/mol. The van der Waals surface area contributed by atoms with E-state index in [9.17, 15) is 0 Å². The fraction of sp³-hybridized carbons (Fsp3) is 0.250. The Morgan fingerprint density at radius 2 is 2.00 bits per heavy atom. The third-order valence-electron chi connectivity index (χ3n) is 1.95. The van der Waals surface area contributed by atoms with Crippen LogP contribution in [0.3, 0.4) is 0 Å². The van der Waals surface area contributed by atoms with Gasteiger partial charge >= 0.3 is 0 Å². The summed E-state index contributed by atoms with van der Waals surface area (Å²) in [5.74, 6) is 1.65. The molecule has 0 spiro atoms. The maximum atomic E-state index is 5.44. The Labute approximate surface area is 134 Å². The summed E-state index contributed by atoms with van der Waals surface area (Å²) in [5, 5.41) is 5.74. The van der Waals surface area contributed by atoms with E-state index < -0.39 is 0 Å². The molecule has 0 saturated carbocycles. The topological polar surface area (TPSA) is 88.5 Å². The van der Waals surface area contributed by atoms with Gasteiger partial charge < -0.3 is 39.9 Å². The van der Waals surface area contributed by atoms with E-state index in [4.69, 9.17) is 15.9 Å². The van der Waals surface area contributed by atoms with Crippen LogP contribution in [0.2, 0.25) is 0 Å². The van der Waals surface area contributed by atoms with Crippen LogP contribution in [-0.4, -0.2) is 24.1 Å². The molecule has 19 heavy (non-hydrogen) atoms. The zero-order valence-electron chi connectivity index (χ0n) is 10.5. The van der Waals surface area contributed by atoms with Crippen LogP contribution in [-0.2, 0) is 0 Å². The van der Waals surface area contributed by atoms with Gasteiger partial charge in [0, 0.05) is 5.75 Å². The minimum absolute atomic E-state index is 0. The molecule has 108 valence electrons. The average molecular weight is 369 g/mol. The number of hydrogen-bond acceptors (Lipinski definition) is 2. The lowest BCUT2D eigenvalue weighted by Gasteiger charge is -2.02. The summed E-state index contributed by atoms with van der Waals surface area (Å²) in [4.78, 5) is 0. The second kappa shape index (κ2) is 12.3. The molecule has 1 rings (SSSR count). The van der Waals surface area contributed by atoms with Gasteiger partial charge in [-0.2, -0.15) is 0 Å². The number of thioether (sulfide) groups is 1. The van der Waals surface area contributed by atoms with Crippen LogP contribution in [0.25, 0.3) is 6.08 Å². The van der Waals surface area contributed by atoms with Gasteiger partial charge in [0.2, 0.25) is 0 Å². The molecule has 7 heteroatoms. The largest absolute Gasteiger partial charge is 1.00 e. The van der Waals surface area contributed by atoms with Crippen LogP contribution in [0.4, 0.5) is 0 Å². The highest BCUT2D eigenvalue weighted by molar-refractivity contribution is 8.13. The predicted octanol–water partition coefficient (Wildman–Crippen LogP) is -6.86. The smallest absolute Gasteiger partial charge is 0.300 e. The lowest BCUT2D eigenvalue weighted by molar-refractivity contribution is -0.370. The van der Waals surface area contributed by atoms with Crippen molar-refractivity contribution >= 4 is 23.0 Å². The van der Waals surface area contributed by atoms with Crippen LogP contribution >= 0.6 is 11.8 Å². The first-order valence-corrected chi connectivity index (χ1v) is 6.40. The van der Waals surface area contributed by atoms with Crippen molar-refractivity contribution in [2.75, 3.05) is 18.9 Å². The Morgan fingerprint density at radius 3 is 2.53 bits per heavy atom. The summed E-state index contributed by atoms with van der Waals surface area (Å²) in [6.07, 6.45) is 4.05. The molecule has 7 N–H and O–H groups in total. The van der Waals surface area contributed by atoms with Crippen molar-refractivity contribution in [3.8, 4) is 5.75 Å². The van der Waals surface area contributed by atoms with Crippen molar-refractivity contribution in [2.45, 2.75) is 0 Å². The number of hydrogen-bond donors (Lipinski definition) is 3. The fourth-order valence-electron chi connectivity index (χ4n) is 1.19. The quantitative estimate of drug-likeness (QED) is 0.344. The van der Waals surface area contributed by atoms with E-state index in [1.54, 1.807) is 0 Å². The molecule has 0 heterocycles. The summed E-state index contributed by atoms with van der Waals surface area (Å²) in [5.41, 5.74) is 10.2. The van der Waals surface area contributed by atoms with Crippen molar-refractivity contribution in [1.29, 1.82) is 0 Å². The third kappa shape index (κ3) is 9.84. The Kier molecular flexibility index (Phi) is 13.4. The zero-order chi connectivity index (χ0) is 12.5. The number of benzene rings is 1. The Bertz CT molecular complexity index is 387. The van der Waals surface area contributed by atoms with Crippen molar-refractivity contribution in [2.24, 2.45) is 5.73 Å². The minimum atomic E-state index is 0. The van der Waals surface area contributed by atoms with Crippen molar-refractivity contribution < 1.29 is 45.3 Å². The van der Waals surface area contributed by atoms with E-state index in [0.717, 1.165) is 23.6 Å². The molecule has 0 amide bonds. The van der Waals surface area contributed by atoms with Crippen LogP contribution in [0.15, 0.2) is 30.3 Å². The first-order chi connectivity index (χ1) is 8.22. The molecule has 1 aromatic rings. The molecule has 0 bridgehead atoms. The van der Waals surface area contributed by atoms with Gasteiger partial charge in [-0.05, 0) is 29.5 Å². The molecule has 0 unspecified atom stereocenters. The van der Waals surface area contributed by atoms with Gasteiger partial charge in [0.1, 0.15) is 18.9 Å². The lowest BCUT2D eigenvalue weighted by atomic mass is 10.2. The molecular weight excluding hydrogens is 350 g/mol. The standard InChI is InChI=1S/C12H17N3OS.BrH.ClH/c13-7-8-16-11-5-3-10(4-6-11)2-1-9-17-12(14)15;;/h1-6H,7-9,13H2,(H3,14,15);2*1H/b2-1+;;. The summed E-state index contributed by atoms with van der Waals surface area (Å²) in [6, 6.07) is 7.92. The monoisotopic (exact) mass is 367 g/mol. The first-order valence-electron chi connectivity index (χ1n) is 5.41. The van der Waals surface area contributed by atoms with Gasteiger partial charge in [0.15, 0.2) is 0 Å². The molecule has 0 fully saturated rings. The number of amidine groups is 1. The first kappa shape index (κ1) is 20.6. The Hall–Kier alpha value is -0.690. The minimum Gasteiger partial charge on any atom is -1.00 e. The van der Waals surface area contributed by atoms with E-state index >= 15 is 0 Å². The summed E-state index contributed by atoms with van der Waals surface area (Å²) in [6.45, 7) is 1.42. The van der Waals surface area contributed by atoms with Crippen LogP contribution in [0.5, 0.6) is 5.75 Å². The molecule has 0 radical (unpaired) electrons. The molecule has 4 nitrogen and oxygen atoms in total. The van der Waals surface area contributed by atoms with Crippen molar-refractivity contribution in [1.82, 2.24) is 0 Å². The van der Waals surface area contributed by atoms with Crippen molar-refractivity contribution in [3.05, 3.63) is 35.9 Å². The van der Waals surface area contributed by atoms with E-state index in [0.29, 0.717) is 11.8 Å². The number of halogens is 2. The molecule has 0 aliphatic rings. The molecule has 0 saturated heterocycles. The highest BCUT2D eigenvalue weighted by Gasteiger charge is 1.94. The number of rotatable bonds is 6. The molecule has 0 aliphatic heterocycles. The second-order valence-corrected chi connectivity index (χ2v) is 4.48. The van der Waals surface area contributed by atoms with Crippen LogP contribution in [0.1, 0.15) is 5.56 Å². The van der Waals surface area contributed by atoms with Crippen LogP contribution in [0, 0.1) is 0 Å². The molecule has 0 aromatic heterocycles. The van der Waals surface area contributed by atoms with Gasteiger partial charge in [-0.25, -0.2) is 0 Å². The van der Waals surface area contributed by atoms with Gasteiger partial charge in [-0.3, -0.25) is 11.1 Å².